The van der Waals surface area contributed by atoms with E-state index in [9.17, 15) is 0 Å². The monoisotopic (exact) mass is 597 g/mol. The van der Waals surface area contributed by atoms with E-state index in [0.717, 1.165) is 0 Å². The van der Waals surface area contributed by atoms with E-state index in [1.54, 1.807) is 0 Å². The van der Waals surface area contributed by atoms with Crippen molar-refractivity contribution in [3.05, 3.63) is 113 Å². The number of hydrogen-bond donors (Lipinski definition) is 0. The van der Waals surface area contributed by atoms with Crippen LogP contribution in [0.1, 0.15) is 27.8 Å². The van der Waals surface area contributed by atoms with E-state index in [0.29, 0.717) is 0 Å². The molecular weight excluding hydrogens is 568 g/mol. The van der Waals surface area contributed by atoms with Crippen LogP contribution >= 0.6 is 22.7 Å². The summed E-state index contributed by atoms with van der Waals surface area (Å²) in [7, 11) is 0. The lowest BCUT2D eigenvalue weighted by molar-refractivity contribution is 1.34. The molecule has 0 N–H and O–H groups in total. The molecule has 3 aliphatic rings. The fourth-order valence-corrected chi connectivity index (χ4v) is 11.7. The van der Waals surface area contributed by atoms with Gasteiger partial charge in [-0.15, -0.1) is 22.7 Å². The molecule has 208 valence electrons. The van der Waals surface area contributed by atoms with Crippen LogP contribution in [0.5, 0.6) is 0 Å². The molecular formula is C39H29B2NS2. The molecule has 5 heterocycles. The SMILES string of the molecule is Cc1cc(C)c(B2c3cccc4c3N(c3sc5ccccc5c32)c2sc3cccc5c3c2B4c2c(C)cc(C)cc2-5)c(C)c1. The van der Waals surface area contributed by atoms with Crippen molar-refractivity contribution in [3.63, 3.8) is 0 Å². The zero-order valence-electron chi connectivity index (χ0n) is 25.5. The van der Waals surface area contributed by atoms with Gasteiger partial charge in [-0.05, 0) is 90.5 Å². The lowest BCUT2D eigenvalue weighted by Crippen LogP contribution is -2.65. The molecule has 5 aromatic carbocycles. The summed E-state index contributed by atoms with van der Waals surface area (Å²) in [5.41, 5.74) is 19.9. The van der Waals surface area contributed by atoms with Crippen LogP contribution in [0, 0.1) is 34.6 Å². The molecule has 0 spiro atoms. The zero-order valence-corrected chi connectivity index (χ0v) is 27.1. The minimum Gasteiger partial charge on any atom is -0.295 e. The third-order valence-electron chi connectivity index (χ3n) is 10.4. The molecule has 1 nitrogen and oxygen atoms in total. The van der Waals surface area contributed by atoms with Gasteiger partial charge in [-0.25, -0.2) is 0 Å². The van der Waals surface area contributed by atoms with Gasteiger partial charge in [0.15, 0.2) is 0 Å². The van der Waals surface area contributed by atoms with Crippen molar-refractivity contribution in [2.75, 3.05) is 4.90 Å². The maximum absolute atomic E-state index is 2.69. The maximum atomic E-state index is 2.69. The first-order valence-corrected chi connectivity index (χ1v) is 17.2. The standard InChI is InChI=1S/C39H29B2NS2/c1-20-16-22(3)33(23(4)17-20)40-28-12-9-13-29-37(28)42(38-35(40)26-10-6-7-14-30(26)43-38)39-36-32-25(11-8-15-31(32)44-39)27-19-21(2)18-24(5)34(27)41(29)36/h6-19H,1-5H3. The molecule has 44 heavy (non-hydrogen) atoms. The molecule has 0 atom stereocenters. The number of benzene rings is 5. The van der Waals surface area contributed by atoms with Gasteiger partial charge in [-0.3, -0.25) is 4.90 Å². The molecule has 3 aliphatic heterocycles. The highest BCUT2D eigenvalue weighted by molar-refractivity contribution is 7.29. The van der Waals surface area contributed by atoms with Crippen molar-refractivity contribution in [1.29, 1.82) is 0 Å². The Morgan fingerprint density at radius 1 is 0.523 bits per heavy atom. The Hall–Kier alpha value is -4.05. The molecule has 2 aromatic heterocycles. The number of aryl methyl sites for hydroxylation is 5. The second kappa shape index (κ2) is 8.56. The van der Waals surface area contributed by atoms with Gasteiger partial charge < -0.3 is 0 Å². The van der Waals surface area contributed by atoms with Crippen molar-refractivity contribution in [2.24, 2.45) is 0 Å². The Morgan fingerprint density at radius 2 is 1.11 bits per heavy atom. The average molecular weight is 597 g/mol. The molecule has 0 saturated heterocycles. The molecule has 0 radical (unpaired) electrons. The van der Waals surface area contributed by atoms with Crippen LogP contribution in [0.3, 0.4) is 0 Å². The van der Waals surface area contributed by atoms with E-state index in [4.69, 9.17) is 0 Å². The summed E-state index contributed by atoms with van der Waals surface area (Å²) in [4.78, 5) is 2.69. The third kappa shape index (κ3) is 3.02. The van der Waals surface area contributed by atoms with Crippen LogP contribution < -0.4 is 37.7 Å². The first kappa shape index (κ1) is 25.3. The first-order chi connectivity index (χ1) is 21.4. The number of anilines is 3. The molecule has 0 fully saturated rings. The Kier molecular flexibility index (Phi) is 4.92. The van der Waals surface area contributed by atoms with Gasteiger partial charge in [-0.2, -0.15) is 0 Å². The number of nitrogens with zero attached hydrogens (tertiary/aromatic N) is 1. The Bertz CT molecular complexity index is 2410. The minimum atomic E-state index is 0.182. The van der Waals surface area contributed by atoms with Crippen molar-refractivity contribution in [2.45, 2.75) is 34.6 Å². The average Bonchev–Trinajstić information content (AvgIpc) is 3.57. The van der Waals surface area contributed by atoms with Crippen molar-refractivity contribution in [1.82, 2.24) is 0 Å². The zero-order chi connectivity index (χ0) is 29.6. The second-order valence-corrected chi connectivity index (χ2v) is 15.2. The molecule has 0 bridgehead atoms. The summed E-state index contributed by atoms with van der Waals surface area (Å²) < 4.78 is 2.76. The third-order valence-corrected chi connectivity index (χ3v) is 12.7. The molecule has 0 saturated carbocycles. The van der Waals surface area contributed by atoms with Gasteiger partial charge in [0.2, 0.25) is 13.4 Å². The topological polar surface area (TPSA) is 3.24 Å². The van der Waals surface area contributed by atoms with E-state index >= 15 is 0 Å². The number of hydrogen-bond acceptors (Lipinski definition) is 3. The van der Waals surface area contributed by atoms with Gasteiger partial charge >= 0.3 is 0 Å². The van der Waals surface area contributed by atoms with E-state index in [-0.39, 0.29) is 13.4 Å². The van der Waals surface area contributed by atoms with Crippen molar-refractivity contribution in [3.8, 4) is 11.1 Å². The largest absolute Gasteiger partial charge is 0.295 e. The first-order valence-electron chi connectivity index (χ1n) is 15.6. The van der Waals surface area contributed by atoms with Crippen LogP contribution in [0.4, 0.5) is 15.7 Å². The fraction of sp³-hybridized carbons (Fsp3) is 0.128. The summed E-state index contributed by atoms with van der Waals surface area (Å²) in [5, 5.41) is 5.65. The smallest absolute Gasteiger partial charge is 0.249 e. The normalized spacial score (nSPS) is 13.9. The number of thiophene rings is 2. The maximum Gasteiger partial charge on any atom is 0.249 e. The van der Waals surface area contributed by atoms with Crippen LogP contribution in [0.25, 0.3) is 31.3 Å². The molecule has 0 unspecified atom stereocenters. The quantitative estimate of drug-likeness (QED) is 0.189. The molecule has 10 rings (SSSR count). The second-order valence-electron chi connectivity index (χ2n) is 13.2. The Morgan fingerprint density at radius 3 is 1.89 bits per heavy atom. The molecule has 0 aliphatic carbocycles. The summed E-state index contributed by atoms with van der Waals surface area (Å²) in [5.74, 6) is 0. The van der Waals surface area contributed by atoms with E-state index < -0.39 is 0 Å². The van der Waals surface area contributed by atoms with Gasteiger partial charge in [0.05, 0.1) is 10.0 Å². The Labute approximate surface area is 267 Å². The summed E-state index contributed by atoms with van der Waals surface area (Å²) in [6.07, 6.45) is 0. The molecule has 7 aromatic rings. The van der Waals surface area contributed by atoms with Crippen LogP contribution in [-0.4, -0.2) is 13.4 Å². The van der Waals surface area contributed by atoms with Crippen LogP contribution in [0.15, 0.2) is 84.9 Å². The number of para-hydroxylation sites is 1. The van der Waals surface area contributed by atoms with E-state index in [1.165, 1.54) is 108 Å². The van der Waals surface area contributed by atoms with Gasteiger partial charge in [0.1, 0.15) is 0 Å². The minimum absolute atomic E-state index is 0.182. The van der Waals surface area contributed by atoms with Crippen LogP contribution in [-0.2, 0) is 0 Å². The number of rotatable bonds is 1. The highest BCUT2D eigenvalue weighted by Gasteiger charge is 2.49. The summed E-state index contributed by atoms with van der Waals surface area (Å²) in [6, 6.07) is 32.9. The van der Waals surface area contributed by atoms with Crippen molar-refractivity contribution >= 4 is 105 Å². The molecule has 5 heteroatoms. The highest BCUT2D eigenvalue weighted by atomic mass is 32.1. The summed E-state index contributed by atoms with van der Waals surface area (Å²) >= 11 is 3.96. The predicted molar refractivity (Wildman–Crippen MR) is 197 cm³/mol. The van der Waals surface area contributed by atoms with E-state index in [1.807, 2.05) is 22.7 Å². The fourth-order valence-electron chi connectivity index (χ4n) is 9.06. The lowest BCUT2D eigenvalue weighted by atomic mass is 9.29. The Balaban J connectivity index is 1.39. The molecule has 0 amide bonds. The predicted octanol–water partition coefficient (Wildman–Crippen LogP) is 6.77. The number of fused-ring (bicyclic) bond motifs is 9. The highest BCUT2D eigenvalue weighted by Crippen LogP contribution is 2.49. The van der Waals surface area contributed by atoms with Gasteiger partial charge in [-0.1, -0.05) is 112 Å². The van der Waals surface area contributed by atoms with Gasteiger partial charge in [0, 0.05) is 15.1 Å². The van der Waals surface area contributed by atoms with E-state index in [2.05, 4.69) is 124 Å². The van der Waals surface area contributed by atoms with Crippen molar-refractivity contribution < 1.29 is 0 Å². The summed E-state index contributed by atoms with van der Waals surface area (Å²) in [6.45, 7) is 11.9. The van der Waals surface area contributed by atoms with Gasteiger partial charge in [0.25, 0.3) is 0 Å². The lowest BCUT2D eigenvalue weighted by Gasteiger charge is -2.42. The van der Waals surface area contributed by atoms with Crippen LogP contribution in [0.2, 0.25) is 0 Å².